The third-order valence-corrected chi connectivity index (χ3v) is 3.83. The molecule has 0 radical (unpaired) electrons. The second-order valence-corrected chi connectivity index (χ2v) is 6.23. The van der Waals surface area contributed by atoms with Crippen molar-refractivity contribution in [2.24, 2.45) is 0 Å². The van der Waals surface area contributed by atoms with Gasteiger partial charge in [0.1, 0.15) is 5.69 Å². The molecule has 0 aliphatic carbocycles. The van der Waals surface area contributed by atoms with Crippen LogP contribution >= 0.6 is 23.2 Å². The number of benzene rings is 2. The summed E-state index contributed by atoms with van der Waals surface area (Å²) in [5.74, 6) is -0.391. The van der Waals surface area contributed by atoms with Crippen molar-refractivity contribution in [1.82, 2.24) is 4.98 Å². The Morgan fingerprint density at radius 1 is 0.962 bits per heavy atom. The number of rotatable bonds is 4. The van der Waals surface area contributed by atoms with Gasteiger partial charge < -0.3 is 10.6 Å². The molecule has 26 heavy (non-hydrogen) atoms. The van der Waals surface area contributed by atoms with E-state index >= 15 is 0 Å². The second kappa shape index (κ2) is 7.87. The molecule has 2 aromatic carbocycles. The van der Waals surface area contributed by atoms with Crippen LogP contribution in [0.5, 0.6) is 0 Å². The summed E-state index contributed by atoms with van der Waals surface area (Å²) < 4.78 is 0. The molecule has 1 aromatic heterocycles. The molecule has 0 bridgehead atoms. The Hall–Kier alpha value is -3.07. The van der Waals surface area contributed by atoms with E-state index in [4.69, 9.17) is 28.5 Å². The highest BCUT2D eigenvalue weighted by Crippen LogP contribution is 2.23. The molecule has 0 saturated carbocycles. The van der Waals surface area contributed by atoms with Crippen LogP contribution in [0.2, 0.25) is 10.0 Å². The highest BCUT2D eigenvalue weighted by Gasteiger charge is 2.10. The number of carbonyl (C=O) groups is 1. The van der Waals surface area contributed by atoms with Crippen LogP contribution in [0.4, 0.5) is 17.1 Å². The van der Waals surface area contributed by atoms with Gasteiger partial charge in [0.25, 0.3) is 5.91 Å². The maximum absolute atomic E-state index is 12.4. The van der Waals surface area contributed by atoms with Crippen LogP contribution in [0, 0.1) is 11.3 Å². The lowest BCUT2D eigenvalue weighted by atomic mass is 10.2. The first kappa shape index (κ1) is 17.7. The fourth-order valence-corrected chi connectivity index (χ4v) is 2.81. The zero-order chi connectivity index (χ0) is 18.5. The number of hydrogen-bond acceptors (Lipinski definition) is 4. The molecule has 3 rings (SSSR count). The number of nitrogens with zero attached hydrogens (tertiary/aromatic N) is 2. The molecule has 0 fully saturated rings. The molecule has 0 atom stereocenters. The van der Waals surface area contributed by atoms with Gasteiger partial charge in [-0.25, -0.2) is 0 Å². The first-order valence-corrected chi connectivity index (χ1v) is 8.30. The van der Waals surface area contributed by atoms with Gasteiger partial charge in [-0.2, -0.15) is 5.26 Å². The molecular formula is C19H12Cl2N4O. The van der Waals surface area contributed by atoms with Crippen LogP contribution in [0.15, 0.2) is 60.8 Å². The summed E-state index contributed by atoms with van der Waals surface area (Å²) in [5.41, 5.74) is 2.66. The van der Waals surface area contributed by atoms with E-state index < -0.39 is 5.91 Å². The Kier molecular flexibility index (Phi) is 5.37. The standard InChI is InChI=1S/C19H12Cl2N4O/c20-13-7-14(21)9-17(8-13)25-19(26)18-10-16(4-5-23-18)24-15-3-1-2-12(6-15)11-22/h1-10H,(H,23,24)(H,25,26). The maximum atomic E-state index is 12.4. The summed E-state index contributed by atoms with van der Waals surface area (Å²) in [6.45, 7) is 0. The number of hydrogen-bond donors (Lipinski definition) is 2. The van der Waals surface area contributed by atoms with Crippen LogP contribution in [-0.4, -0.2) is 10.9 Å². The second-order valence-electron chi connectivity index (χ2n) is 5.36. The van der Waals surface area contributed by atoms with E-state index in [0.717, 1.165) is 5.69 Å². The fraction of sp³-hybridized carbons (Fsp3) is 0. The molecule has 0 unspecified atom stereocenters. The Bertz CT molecular complexity index is 994. The maximum Gasteiger partial charge on any atom is 0.274 e. The molecule has 128 valence electrons. The van der Waals surface area contributed by atoms with Gasteiger partial charge in [0.05, 0.1) is 11.6 Å². The van der Waals surface area contributed by atoms with Crippen molar-refractivity contribution in [3.63, 3.8) is 0 Å². The van der Waals surface area contributed by atoms with Gasteiger partial charge >= 0.3 is 0 Å². The molecule has 1 amide bonds. The number of nitrogens with one attached hydrogen (secondary N) is 2. The molecule has 1 heterocycles. The van der Waals surface area contributed by atoms with E-state index in [1.54, 1.807) is 48.5 Å². The van der Waals surface area contributed by atoms with Crippen molar-refractivity contribution < 1.29 is 4.79 Å². The molecule has 0 aliphatic rings. The van der Waals surface area contributed by atoms with Crippen LogP contribution in [0.3, 0.4) is 0 Å². The third kappa shape index (κ3) is 4.51. The summed E-state index contributed by atoms with van der Waals surface area (Å²) in [7, 11) is 0. The lowest BCUT2D eigenvalue weighted by Crippen LogP contribution is -2.13. The average Bonchev–Trinajstić information content (AvgIpc) is 2.61. The Morgan fingerprint density at radius 2 is 1.69 bits per heavy atom. The van der Waals surface area contributed by atoms with Crippen LogP contribution in [-0.2, 0) is 0 Å². The number of carbonyl (C=O) groups excluding carboxylic acids is 1. The number of aromatic nitrogens is 1. The van der Waals surface area contributed by atoms with Crippen LogP contribution in [0.1, 0.15) is 16.1 Å². The summed E-state index contributed by atoms with van der Waals surface area (Å²) >= 11 is 11.9. The molecule has 7 heteroatoms. The zero-order valence-corrected chi connectivity index (χ0v) is 14.8. The van der Waals surface area contributed by atoms with E-state index in [9.17, 15) is 4.79 Å². The van der Waals surface area contributed by atoms with E-state index in [0.29, 0.717) is 27.0 Å². The smallest absolute Gasteiger partial charge is 0.274 e. The van der Waals surface area contributed by atoms with E-state index in [2.05, 4.69) is 21.7 Å². The highest BCUT2D eigenvalue weighted by atomic mass is 35.5. The first-order valence-electron chi connectivity index (χ1n) is 7.54. The summed E-state index contributed by atoms with van der Waals surface area (Å²) in [5, 5.41) is 15.7. The lowest BCUT2D eigenvalue weighted by Gasteiger charge is -2.09. The summed E-state index contributed by atoms with van der Waals surface area (Å²) in [4.78, 5) is 16.5. The number of pyridine rings is 1. The molecule has 0 spiro atoms. The van der Waals surface area contributed by atoms with Gasteiger partial charge in [-0.3, -0.25) is 9.78 Å². The van der Waals surface area contributed by atoms with Gasteiger partial charge in [-0.15, -0.1) is 0 Å². The molecule has 0 aliphatic heterocycles. The molecular weight excluding hydrogens is 371 g/mol. The monoisotopic (exact) mass is 382 g/mol. The van der Waals surface area contributed by atoms with Crippen molar-refractivity contribution in [3.8, 4) is 6.07 Å². The van der Waals surface area contributed by atoms with Crippen molar-refractivity contribution in [2.75, 3.05) is 10.6 Å². The largest absolute Gasteiger partial charge is 0.355 e. The van der Waals surface area contributed by atoms with E-state index in [-0.39, 0.29) is 5.69 Å². The SMILES string of the molecule is N#Cc1cccc(Nc2ccnc(C(=O)Nc3cc(Cl)cc(Cl)c3)c2)c1. The fourth-order valence-electron chi connectivity index (χ4n) is 2.29. The summed E-state index contributed by atoms with van der Waals surface area (Å²) in [6.07, 6.45) is 1.52. The van der Waals surface area contributed by atoms with Gasteiger partial charge in [0.15, 0.2) is 0 Å². The number of anilines is 3. The molecule has 5 nitrogen and oxygen atoms in total. The molecule has 0 saturated heterocycles. The van der Waals surface area contributed by atoms with Crippen molar-refractivity contribution >= 4 is 46.2 Å². The normalized spacial score (nSPS) is 10.0. The number of halogens is 2. The van der Waals surface area contributed by atoms with E-state index in [1.807, 2.05) is 6.07 Å². The van der Waals surface area contributed by atoms with Crippen LogP contribution < -0.4 is 10.6 Å². The minimum absolute atomic E-state index is 0.225. The Balaban J connectivity index is 1.77. The first-order chi connectivity index (χ1) is 12.5. The van der Waals surface area contributed by atoms with Gasteiger partial charge in [-0.05, 0) is 48.5 Å². The molecule has 2 N–H and O–H groups in total. The highest BCUT2D eigenvalue weighted by molar-refractivity contribution is 6.35. The van der Waals surface area contributed by atoms with Crippen molar-refractivity contribution in [1.29, 1.82) is 5.26 Å². The van der Waals surface area contributed by atoms with Gasteiger partial charge in [-0.1, -0.05) is 29.3 Å². The predicted molar refractivity (Wildman–Crippen MR) is 103 cm³/mol. The van der Waals surface area contributed by atoms with Gasteiger partial charge in [0, 0.05) is 33.3 Å². The Morgan fingerprint density at radius 3 is 2.42 bits per heavy atom. The number of nitriles is 1. The lowest BCUT2D eigenvalue weighted by molar-refractivity contribution is 0.102. The minimum atomic E-state index is -0.391. The third-order valence-electron chi connectivity index (χ3n) is 3.39. The topological polar surface area (TPSA) is 77.8 Å². The van der Waals surface area contributed by atoms with E-state index in [1.165, 1.54) is 6.20 Å². The predicted octanol–water partition coefficient (Wildman–Crippen LogP) is 5.26. The number of amides is 1. The van der Waals surface area contributed by atoms with Crippen molar-refractivity contribution in [2.45, 2.75) is 0 Å². The van der Waals surface area contributed by atoms with Crippen LogP contribution in [0.25, 0.3) is 0 Å². The minimum Gasteiger partial charge on any atom is -0.355 e. The summed E-state index contributed by atoms with van der Waals surface area (Å²) in [6, 6.07) is 17.2. The quantitative estimate of drug-likeness (QED) is 0.645. The molecule has 3 aromatic rings. The van der Waals surface area contributed by atoms with Crippen molar-refractivity contribution in [3.05, 3.63) is 82.1 Å². The Labute approximate surface area is 160 Å². The zero-order valence-electron chi connectivity index (χ0n) is 13.3. The van der Waals surface area contributed by atoms with Gasteiger partial charge in [0.2, 0.25) is 0 Å². The average molecular weight is 383 g/mol.